The maximum atomic E-state index is 12.3. The van der Waals surface area contributed by atoms with Crippen molar-refractivity contribution in [2.24, 2.45) is 5.92 Å². The molecular weight excluding hydrogens is 226 g/mol. The van der Waals surface area contributed by atoms with Gasteiger partial charge in [-0.2, -0.15) is 0 Å². The first-order chi connectivity index (χ1) is 8.62. The molecule has 0 bridgehead atoms. The number of aryl methyl sites for hydroxylation is 1. The van der Waals surface area contributed by atoms with E-state index >= 15 is 0 Å². The van der Waals surface area contributed by atoms with Crippen LogP contribution in [0.3, 0.4) is 0 Å². The van der Waals surface area contributed by atoms with Gasteiger partial charge >= 0.3 is 0 Å². The quantitative estimate of drug-likeness (QED) is 0.590. The van der Waals surface area contributed by atoms with Gasteiger partial charge in [-0.05, 0) is 37.8 Å². The minimum atomic E-state index is -0.421. The SMILES string of the molecule is CCC12CCc3ccccc3N1C(=O)C2C(C)=O. The van der Waals surface area contributed by atoms with Crippen molar-refractivity contribution < 1.29 is 9.59 Å². The summed E-state index contributed by atoms with van der Waals surface area (Å²) in [4.78, 5) is 25.9. The van der Waals surface area contributed by atoms with Gasteiger partial charge < -0.3 is 4.90 Å². The summed E-state index contributed by atoms with van der Waals surface area (Å²) in [5.41, 5.74) is 1.97. The highest BCUT2D eigenvalue weighted by molar-refractivity contribution is 6.17. The minimum absolute atomic E-state index is 0.0116. The molecule has 1 fully saturated rings. The number of Topliss-reactive ketones (excluding diaryl/α,β-unsaturated/α-hetero) is 1. The summed E-state index contributed by atoms with van der Waals surface area (Å²) in [7, 11) is 0. The van der Waals surface area contributed by atoms with Crippen LogP contribution in [0.5, 0.6) is 0 Å². The monoisotopic (exact) mass is 243 g/mol. The number of nitrogens with zero attached hydrogens (tertiary/aromatic N) is 1. The van der Waals surface area contributed by atoms with E-state index < -0.39 is 5.92 Å². The molecular formula is C15H17NO2. The van der Waals surface area contributed by atoms with Crippen LogP contribution in [-0.2, 0) is 16.0 Å². The van der Waals surface area contributed by atoms with Crippen LogP contribution in [0.4, 0.5) is 5.69 Å². The largest absolute Gasteiger partial charge is 0.304 e. The summed E-state index contributed by atoms with van der Waals surface area (Å²) in [6, 6.07) is 8.03. The first kappa shape index (κ1) is 11.5. The number of hydrogen-bond acceptors (Lipinski definition) is 2. The van der Waals surface area contributed by atoms with Crippen LogP contribution in [0.1, 0.15) is 32.3 Å². The van der Waals surface area contributed by atoms with E-state index in [4.69, 9.17) is 0 Å². The fourth-order valence-electron chi connectivity index (χ4n) is 3.64. The number of ketones is 1. The van der Waals surface area contributed by atoms with Gasteiger partial charge in [0.1, 0.15) is 11.7 Å². The predicted octanol–water partition coefficient (Wildman–Crippen LogP) is 2.33. The van der Waals surface area contributed by atoms with Crippen LogP contribution in [0.15, 0.2) is 24.3 Å². The molecule has 1 amide bonds. The van der Waals surface area contributed by atoms with Crippen molar-refractivity contribution >= 4 is 17.4 Å². The molecule has 18 heavy (non-hydrogen) atoms. The highest BCUT2D eigenvalue weighted by Crippen LogP contribution is 2.51. The Kier molecular flexibility index (Phi) is 2.34. The molecule has 3 nitrogen and oxygen atoms in total. The molecule has 0 spiro atoms. The Morgan fingerprint density at radius 1 is 1.44 bits per heavy atom. The molecule has 94 valence electrons. The average molecular weight is 243 g/mol. The first-order valence-electron chi connectivity index (χ1n) is 6.54. The number of carbonyl (C=O) groups excluding carboxylic acids is 2. The molecule has 1 aromatic carbocycles. The number of amides is 1. The Morgan fingerprint density at radius 3 is 2.83 bits per heavy atom. The topological polar surface area (TPSA) is 37.4 Å². The van der Waals surface area contributed by atoms with Gasteiger partial charge in [-0.1, -0.05) is 25.1 Å². The molecule has 1 saturated heterocycles. The number of carbonyl (C=O) groups is 2. The molecule has 2 aliphatic heterocycles. The van der Waals surface area contributed by atoms with E-state index in [1.165, 1.54) is 12.5 Å². The van der Waals surface area contributed by atoms with Crippen LogP contribution in [0.2, 0.25) is 0 Å². The van der Waals surface area contributed by atoms with Crippen molar-refractivity contribution in [2.45, 2.75) is 38.6 Å². The second kappa shape index (κ2) is 3.67. The Hall–Kier alpha value is -1.64. The molecule has 3 rings (SSSR count). The van der Waals surface area contributed by atoms with E-state index in [0.29, 0.717) is 0 Å². The Labute approximate surface area is 107 Å². The smallest absolute Gasteiger partial charge is 0.240 e. The summed E-state index contributed by atoms with van der Waals surface area (Å²) >= 11 is 0. The van der Waals surface area contributed by atoms with Crippen LogP contribution >= 0.6 is 0 Å². The second-order valence-electron chi connectivity index (χ2n) is 5.30. The van der Waals surface area contributed by atoms with Gasteiger partial charge in [-0.15, -0.1) is 0 Å². The Morgan fingerprint density at radius 2 is 2.17 bits per heavy atom. The van der Waals surface area contributed by atoms with E-state index in [2.05, 4.69) is 13.0 Å². The van der Waals surface area contributed by atoms with Gasteiger partial charge in [0.15, 0.2) is 0 Å². The number of anilines is 1. The Bertz CT molecular complexity index is 537. The molecule has 2 atom stereocenters. The van der Waals surface area contributed by atoms with Gasteiger partial charge in [0.2, 0.25) is 5.91 Å². The molecule has 0 aromatic heterocycles. The van der Waals surface area contributed by atoms with Gasteiger partial charge in [-0.3, -0.25) is 9.59 Å². The standard InChI is InChI=1S/C15H17NO2/c1-3-15-9-8-11-6-4-5-7-12(11)16(15)14(18)13(15)10(2)17/h4-7,13H,3,8-9H2,1-2H3. The van der Waals surface area contributed by atoms with Gasteiger partial charge in [0, 0.05) is 5.69 Å². The first-order valence-corrected chi connectivity index (χ1v) is 6.54. The van der Waals surface area contributed by atoms with Gasteiger partial charge in [0.05, 0.1) is 5.54 Å². The van der Waals surface area contributed by atoms with Crippen molar-refractivity contribution in [3.8, 4) is 0 Å². The molecule has 2 unspecified atom stereocenters. The fraction of sp³-hybridized carbons (Fsp3) is 0.467. The summed E-state index contributed by atoms with van der Waals surface area (Å²) in [5.74, 6) is -0.426. The number of hydrogen-bond donors (Lipinski definition) is 0. The predicted molar refractivity (Wildman–Crippen MR) is 69.4 cm³/mol. The van der Waals surface area contributed by atoms with E-state index in [-0.39, 0.29) is 17.2 Å². The molecule has 2 heterocycles. The minimum Gasteiger partial charge on any atom is -0.304 e. The highest BCUT2D eigenvalue weighted by atomic mass is 16.2. The van der Waals surface area contributed by atoms with Crippen LogP contribution in [0.25, 0.3) is 0 Å². The van der Waals surface area contributed by atoms with Crippen molar-refractivity contribution in [3.63, 3.8) is 0 Å². The lowest BCUT2D eigenvalue weighted by molar-refractivity contribution is -0.144. The van der Waals surface area contributed by atoms with E-state index in [1.807, 2.05) is 23.1 Å². The molecule has 0 radical (unpaired) electrons. The maximum absolute atomic E-state index is 12.3. The fourth-order valence-corrected chi connectivity index (χ4v) is 3.64. The summed E-state index contributed by atoms with van der Waals surface area (Å²) in [5, 5.41) is 0. The maximum Gasteiger partial charge on any atom is 0.240 e. The zero-order chi connectivity index (χ0) is 12.9. The van der Waals surface area contributed by atoms with E-state index in [9.17, 15) is 9.59 Å². The number of fused-ring (bicyclic) bond motifs is 3. The average Bonchev–Trinajstić information content (AvgIpc) is 2.35. The van der Waals surface area contributed by atoms with Crippen LogP contribution < -0.4 is 4.90 Å². The highest BCUT2D eigenvalue weighted by Gasteiger charge is 2.62. The number of benzene rings is 1. The number of β-lactam (4-membered cyclic amide) rings is 1. The molecule has 0 aliphatic carbocycles. The zero-order valence-corrected chi connectivity index (χ0v) is 10.8. The van der Waals surface area contributed by atoms with Gasteiger partial charge in [-0.25, -0.2) is 0 Å². The molecule has 3 heteroatoms. The molecule has 1 aromatic rings. The van der Waals surface area contributed by atoms with Gasteiger partial charge in [0.25, 0.3) is 0 Å². The normalized spacial score (nSPS) is 29.3. The van der Waals surface area contributed by atoms with E-state index in [1.54, 1.807) is 0 Å². The van der Waals surface area contributed by atoms with Crippen LogP contribution in [0, 0.1) is 5.92 Å². The summed E-state index contributed by atoms with van der Waals surface area (Å²) in [6.45, 7) is 3.61. The van der Waals surface area contributed by atoms with Crippen LogP contribution in [-0.4, -0.2) is 17.2 Å². The lowest BCUT2D eigenvalue weighted by Gasteiger charge is -2.59. The molecule has 0 saturated carbocycles. The van der Waals surface area contributed by atoms with Crippen molar-refractivity contribution in [1.29, 1.82) is 0 Å². The summed E-state index contributed by atoms with van der Waals surface area (Å²) < 4.78 is 0. The number of rotatable bonds is 2. The van der Waals surface area contributed by atoms with Crippen molar-refractivity contribution in [2.75, 3.05) is 4.90 Å². The number of para-hydroxylation sites is 1. The Balaban J connectivity index is 2.10. The lowest BCUT2D eigenvalue weighted by Crippen LogP contribution is -2.74. The third-order valence-corrected chi connectivity index (χ3v) is 4.53. The van der Waals surface area contributed by atoms with Crippen molar-refractivity contribution in [3.05, 3.63) is 29.8 Å². The van der Waals surface area contributed by atoms with Crippen molar-refractivity contribution in [1.82, 2.24) is 0 Å². The summed E-state index contributed by atoms with van der Waals surface area (Å²) in [6.07, 6.45) is 2.70. The molecule has 0 N–H and O–H groups in total. The third-order valence-electron chi connectivity index (χ3n) is 4.53. The lowest BCUT2D eigenvalue weighted by atomic mass is 9.64. The second-order valence-corrected chi connectivity index (χ2v) is 5.30. The third kappa shape index (κ3) is 1.19. The zero-order valence-electron chi connectivity index (χ0n) is 10.8. The molecule has 2 aliphatic rings. The van der Waals surface area contributed by atoms with E-state index in [0.717, 1.165) is 24.9 Å².